The van der Waals surface area contributed by atoms with Crippen molar-refractivity contribution in [2.45, 2.75) is 39.3 Å². The molecule has 7 heteroatoms. The van der Waals surface area contributed by atoms with E-state index in [0.717, 1.165) is 58.7 Å². The first-order chi connectivity index (χ1) is 11.7. The van der Waals surface area contributed by atoms with Gasteiger partial charge in [0, 0.05) is 64.0 Å². The van der Waals surface area contributed by atoms with Gasteiger partial charge in [0.1, 0.15) is 0 Å². The number of hydrogen-bond donors (Lipinski definition) is 0. The molecular weight excluding hydrogens is 306 g/mol. The summed E-state index contributed by atoms with van der Waals surface area (Å²) < 4.78 is 1.94. The van der Waals surface area contributed by atoms with Gasteiger partial charge in [0.2, 0.25) is 11.8 Å². The van der Waals surface area contributed by atoms with E-state index < -0.39 is 0 Å². The molecule has 1 aromatic heterocycles. The van der Waals surface area contributed by atoms with E-state index >= 15 is 0 Å². The molecule has 2 aliphatic heterocycles. The Morgan fingerprint density at radius 3 is 2.75 bits per heavy atom. The second-order valence-electron chi connectivity index (χ2n) is 6.63. The molecular formula is C17H27N5O2. The zero-order valence-corrected chi connectivity index (χ0v) is 14.5. The lowest BCUT2D eigenvalue weighted by atomic mass is 10.3. The van der Waals surface area contributed by atoms with Crippen LogP contribution < -0.4 is 0 Å². The normalized spacial score (nSPS) is 19.8. The fraction of sp³-hybridized carbons (Fsp3) is 0.706. The number of hydrogen-bond acceptors (Lipinski definition) is 4. The average molecular weight is 333 g/mol. The summed E-state index contributed by atoms with van der Waals surface area (Å²) >= 11 is 0. The summed E-state index contributed by atoms with van der Waals surface area (Å²) in [5.74, 6) is 0.207. The van der Waals surface area contributed by atoms with Crippen molar-refractivity contribution in [1.82, 2.24) is 24.5 Å². The number of aryl methyl sites for hydroxylation is 1. The van der Waals surface area contributed by atoms with Crippen LogP contribution >= 0.6 is 0 Å². The van der Waals surface area contributed by atoms with Gasteiger partial charge in [-0.05, 0) is 19.8 Å². The lowest BCUT2D eigenvalue weighted by molar-refractivity contribution is -0.138. The van der Waals surface area contributed by atoms with Gasteiger partial charge in [0.05, 0.1) is 12.7 Å². The highest BCUT2D eigenvalue weighted by atomic mass is 16.2. The number of amides is 2. The van der Waals surface area contributed by atoms with E-state index in [0.29, 0.717) is 6.42 Å². The minimum absolute atomic E-state index is 0.0888. The molecule has 2 saturated heterocycles. The number of rotatable bonds is 5. The molecule has 2 aliphatic rings. The number of aromatic nitrogens is 2. The molecule has 2 amide bonds. The molecule has 0 spiro atoms. The predicted molar refractivity (Wildman–Crippen MR) is 90.2 cm³/mol. The number of nitrogens with zero attached hydrogens (tertiary/aromatic N) is 5. The molecule has 2 fully saturated rings. The Kier molecular flexibility index (Phi) is 5.50. The number of likely N-dealkylation sites (tertiary alicyclic amines) is 1. The largest absolute Gasteiger partial charge is 0.340 e. The monoisotopic (exact) mass is 333 g/mol. The summed E-state index contributed by atoms with van der Waals surface area (Å²) in [4.78, 5) is 30.1. The Labute approximate surface area is 143 Å². The Hall–Kier alpha value is -1.89. The lowest BCUT2D eigenvalue weighted by Crippen LogP contribution is -2.42. The van der Waals surface area contributed by atoms with Gasteiger partial charge in [0.25, 0.3) is 0 Å². The molecule has 0 saturated carbocycles. The van der Waals surface area contributed by atoms with Crippen molar-refractivity contribution >= 4 is 11.8 Å². The maximum absolute atomic E-state index is 12.5. The Balaban J connectivity index is 1.49. The van der Waals surface area contributed by atoms with Crippen LogP contribution in [-0.2, 0) is 22.7 Å². The van der Waals surface area contributed by atoms with Crippen molar-refractivity contribution in [1.29, 1.82) is 0 Å². The van der Waals surface area contributed by atoms with Crippen LogP contribution in [0, 0.1) is 0 Å². The highest BCUT2D eigenvalue weighted by Crippen LogP contribution is 2.12. The van der Waals surface area contributed by atoms with Gasteiger partial charge >= 0.3 is 0 Å². The van der Waals surface area contributed by atoms with Crippen LogP contribution in [0.3, 0.4) is 0 Å². The van der Waals surface area contributed by atoms with Gasteiger partial charge in [-0.3, -0.25) is 19.2 Å². The third kappa shape index (κ3) is 4.14. The van der Waals surface area contributed by atoms with Crippen LogP contribution in [0.4, 0.5) is 0 Å². The molecule has 132 valence electrons. The quantitative estimate of drug-likeness (QED) is 0.790. The van der Waals surface area contributed by atoms with Crippen LogP contribution in [-0.4, -0.2) is 75.6 Å². The van der Waals surface area contributed by atoms with Crippen molar-refractivity contribution in [2.24, 2.45) is 0 Å². The SMILES string of the molecule is CCn1cc(CN2CCCN(C(=O)CN3CCCC3=O)CC2)cn1. The van der Waals surface area contributed by atoms with Gasteiger partial charge in [-0.15, -0.1) is 0 Å². The van der Waals surface area contributed by atoms with Gasteiger partial charge in [-0.2, -0.15) is 5.10 Å². The highest BCUT2D eigenvalue weighted by Gasteiger charge is 2.26. The fourth-order valence-electron chi connectivity index (χ4n) is 3.43. The molecule has 1 aromatic rings. The summed E-state index contributed by atoms with van der Waals surface area (Å²) in [6.45, 7) is 8.21. The van der Waals surface area contributed by atoms with E-state index in [2.05, 4.69) is 23.1 Å². The van der Waals surface area contributed by atoms with Gasteiger partial charge in [-0.1, -0.05) is 0 Å². The Bertz CT molecular complexity index is 585. The Morgan fingerprint density at radius 1 is 1.17 bits per heavy atom. The first-order valence-corrected chi connectivity index (χ1v) is 8.95. The van der Waals surface area contributed by atoms with Crippen LogP contribution in [0.5, 0.6) is 0 Å². The number of carbonyl (C=O) groups is 2. The zero-order valence-electron chi connectivity index (χ0n) is 14.5. The molecule has 3 rings (SSSR count). The molecule has 7 nitrogen and oxygen atoms in total. The molecule has 0 radical (unpaired) electrons. The van der Waals surface area contributed by atoms with Crippen molar-refractivity contribution in [3.05, 3.63) is 18.0 Å². The fourth-order valence-corrected chi connectivity index (χ4v) is 3.43. The smallest absolute Gasteiger partial charge is 0.242 e. The van der Waals surface area contributed by atoms with Crippen molar-refractivity contribution in [3.8, 4) is 0 Å². The van der Waals surface area contributed by atoms with Gasteiger partial charge in [0.15, 0.2) is 0 Å². The minimum Gasteiger partial charge on any atom is -0.340 e. The van der Waals surface area contributed by atoms with E-state index in [4.69, 9.17) is 0 Å². The summed E-state index contributed by atoms with van der Waals surface area (Å²) in [6.07, 6.45) is 6.46. The molecule has 0 atom stereocenters. The van der Waals surface area contributed by atoms with E-state index in [9.17, 15) is 9.59 Å². The zero-order chi connectivity index (χ0) is 16.9. The molecule has 24 heavy (non-hydrogen) atoms. The van der Waals surface area contributed by atoms with Crippen LogP contribution in [0.15, 0.2) is 12.4 Å². The average Bonchev–Trinajstić information content (AvgIpc) is 3.11. The van der Waals surface area contributed by atoms with Crippen molar-refractivity contribution < 1.29 is 9.59 Å². The van der Waals surface area contributed by atoms with Crippen LogP contribution in [0.1, 0.15) is 31.7 Å². The molecule has 0 bridgehead atoms. The highest BCUT2D eigenvalue weighted by molar-refractivity contribution is 5.85. The standard InChI is InChI=1S/C17H27N5O2/c1-2-22-13-15(11-18-22)12-19-6-4-8-20(10-9-19)17(24)14-21-7-3-5-16(21)23/h11,13H,2-10,12,14H2,1H3. The van der Waals surface area contributed by atoms with Crippen LogP contribution in [0.2, 0.25) is 0 Å². The van der Waals surface area contributed by atoms with Crippen molar-refractivity contribution in [3.63, 3.8) is 0 Å². The van der Waals surface area contributed by atoms with Crippen LogP contribution in [0.25, 0.3) is 0 Å². The Morgan fingerprint density at radius 2 is 2.04 bits per heavy atom. The molecule has 3 heterocycles. The topological polar surface area (TPSA) is 61.7 Å². The van der Waals surface area contributed by atoms with Gasteiger partial charge < -0.3 is 9.80 Å². The summed E-state index contributed by atoms with van der Waals surface area (Å²) in [6, 6.07) is 0. The molecule has 0 N–H and O–H groups in total. The van der Waals surface area contributed by atoms with Gasteiger partial charge in [-0.25, -0.2) is 0 Å². The van der Waals surface area contributed by atoms with E-state index in [1.807, 2.05) is 15.8 Å². The maximum atomic E-state index is 12.5. The third-order valence-corrected chi connectivity index (χ3v) is 4.86. The van der Waals surface area contributed by atoms with E-state index in [1.165, 1.54) is 5.56 Å². The third-order valence-electron chi connectivity index (χ3n) is 4.86. The number of carbonyl (C=O) groups excluding carboxylic acids is 2. The second-order valence-corrected chi connectivity index (χ2v) is 6.63. The van der Waals surface area contributed by atoms with E-state index in [1.54, 1.807) is 4.90 Å². The lowest BCUT2D eigenvalue weighted by Gasteiger charge is -2.24. The summed E-state index contributed by atoms with van der Waals surface area (Å²) in [5.41, 5.74) is 1.22. The minimum atomic E-state index is 0.0888. The maximum Gasteiger partial charge on any atom is 0.242 e. The second kappa shape index (κ2) is 7.79. The first-order valence-electron chi connectivity index (χ1n) is 8.95. The molecule has 0 unspecified atom stereocenters. The molecule has 0 aliphatic carbocycles. The predicted octanol–water partition coefficient (Wildman–Crippen LogP) is 0.560. The van der Waals surface area contributed by atoms with E-state index in [-0.39, 0.29) is 18.4 Å². The first kappa shape index (κ1) is 17.0. The summed E-state index contributed by atoms with van der Waals surface area (Å²) in [5, 5.41) is 4.32. The van der Waals surface area contributed by atoms with Crippen molar-refractivity contribution in [2.75, 3.05) is 39.3 Å². The molecule has 0 aromatic carbocycles. The summed E-state index contributed by atoms with van der Waals surface area (Å²) in [7, 11) is 0.